The molecule has 0 aromatic heterocycles. The number of Topliss-reactive ketones (excluding diaryl/α,β-unsaturated/α-hetero) is 1. The van der Waals surface area contributed by atoms with E-state index in [0.717, 1.165) is 5.56 Å². The van der Waals surface area contributed by atoms with Crippen LogP contribution in [-0.2, 0) is 10.3 Å². The zero-order valence-corrected chi connectivity index (χ0v) is 16.2. The highest BCUT2D eigenvalue weighted by Gasteiger charge is 2.45. The fourth-order valence-electron chi connectivity index (χ4n) is 4.34. The third-order valence-corrected chi connectivity index (χ3v) is 5.67. The predicted molar refractivity (Wildman–Crippen MR) is 115 cm³/mol. The van der Waals surface area contributed by atoms with Gasteiger partial charge in [0.15, 0.2) is 0 Å². The van der Waals surface area contributed by atoms with E-state index < -0.39 is 5.54 Å². The average Bonchev–Trinajstić information content (AvgIpc) is 3.04. The van der Waals surface area contributed by atoms with Crippen molar-refractivity contribution in [2.24, 2.45) is 0 Å². The number of nitrogens with one attached hydrogen (secondary N) is 1. The fourth-order valence-corrected chi connectivity index (χ4v) is 4.34. The van der Waals surface area contributed by atoms with Gasteiger partial charge in [-0.2, -0.15) is 0 Å². The summed E-state index contributed by atoms with van der Waals surface area (Å²) >= 11 is 0. The summed E-state index contributed by atoms with van der Waals surface area (Å²) < 4.78 is 0. The van der Waals surface area contributed by atoms with Gasteiger partial charge in [-0.1, -0.05) is 84.9 Å². The number of carbonyl (C=O) groups is 1. The maximum Gasteiger partial charge on any atom is 0.149 e. The first kappa shape index (κ1) is 18.4. The molecular weight excluding hydrogens is 342 g/mol. The fraction of sp³-hybridized carbons (Fsp3) is 0.192. The van der Waals surface area contributed by atoms with Gasteiger partial charge in [-0.25, -0.2) is 0 Å². The topological polar surface area (TPSA) is 29.1 Å². The van der Waals surface area contributed by atoms with Gasteiger partial charge in [-0.05, 0) is 41.2 Å². The molecule has 0 spiro atoms. The second-order valence-corrected chi connectivity index (χ2v) is 7.37. The van der Waals surface area contributed by atoms with Gasteiger partial charge in [-0.15, -0.1) is 6.58 Å². The van der Waals surface area contributed by atoms with Crippen LogP contribution in [0.4, 0.5) is 0 Å². The van der Waals surface area contributed by atoms with Gasteiger partial charge in [0.25, 0.3) is 0 Å². The molecule has 1 N–H and O–H groups in total. The van der Waals surface area contributed by atoms with Crippen molar-refractivity contribution in [3.63, 3.8) is 0 Å². The number of benzene rings is 3. The van der Waals surface area contributed by atoms with Gasteiger partial charge in [0, 0.05) is 6.42 Å². The third-order valence-electron chi connectivity index (χ3n) is 5.67. The summed E-state index contributed by atoms with van der Waals surface area (Å²) in [7, 11) is 0. The standard InChI is InChI=1S/C26H25NO/c1-3-4-18-25(28)19(2)27-26(20-12-6-5-7-13-20)23-16-10-8-14-21(23)22-15-9-11-17-24(22)26/h3,5-17,19,27H,1,4,18H2,2H3/t19-/m0/s1. The Kier molecular flexibility index (Phi) is 4.97. The molecule has 0 aliphatic heterocycles. The van der Waals surface area contributed by atoms with Gasteiger partial charge in [-0.3, -0.25) is 10.1 Å². The molecule has 0 heterocycles. The van der Waals surface area contributed by atoms with E-state index in [1.165, 1.54) is 22.3 Å². The van der Waals surface area contributed by atoms with Crippen molar-refractivity contribution in [1.29, 1.82) is 0 Å². The smallest absolute Gasteiger partial charge is 0.149 e. The molecule has 0 saturated heterocycles. The summed E-state index contributed by atoms with van der Waals surface area (Å²) in [6.07, 6.45) is 3.01. The first-order valence-corrected chi connectivity index (χ1v) is 9.84. The zero-order chi connectivity index (χ0) is 19.6. The molecule has 0 amide bonds. The highest BCUT2D eigenvalue weighted by atomic mass is 16.1. The Bertz CT molecular complexity index is 960. The van der Waals surface area contributed by atoms with Gasteiger partial charge in [0.1, 0.15) is 5.78 Å². The van der Waals surface area contributed by atoms with Crippen LogP contribution in [0.15, 0.2) is 91.5 Å². The van der Waals surface area contributed by atoms with E-state index in [4.69, 9.17) is 0 Å². The summed E-state index contributed by atoms with van der Waals surface area (Å²) in [5.41, 5.74) is 5.45. The maximum atomic E-state index is 12.8. The van der Waals surface area contributed by atoms with Crippen molar-refractivity contribution in [2.45, 2.75) is 31.3 Å². The lowest BCUT2D eigenvalue weighted by Gasteiger charge is -2.36. The van der Waals surface area contributed by atoms with E-state index >= 15 is 0 Å². The second kappa shape index (κ2) is 7.57. The molecule has 0 bridgehead atoms. The molecule has 1 aliphatic carbocycles. The minimum Gasteiger partial charge on any atom is -0.298 e. The van der Waals surface area contributed by atoms with E-state index in [9.17, 15) is 4.79 Å². The lowest BCUT2D eigenvalue weighted by molar-refractivity contribution is -0.120. The SMILES string of the molecule is C=CCCC(=O)[C@H](C)NC1(c2ccccc2)c2ccccc2-c2ccccc21. The number of hydrogen-bond acceptors (Lipinski definition) is 2. The van der Waals surface area contributed by atoms with E-state index in [2.05, 4.69) is 84.7 Å². The zero-order valence-electron chi connectivity index (χ0n) is 16.2. The quantitative estimate of drug-likeness (QED) is 0.561. The van der Waals surface area contributed by atoms with E-state index in [1.807, 2.05) is 13.0 Å². The number of rotatable bonds is 7. The number of carbonyl (C=O) groups excluding carboxylic acids is 1. The predicted octanol–water partition coefficient (Wildman–Crippen LogP) is 5.47. The number of ketones is 1. The largest absolute Gasteiger partial charge is 0.298 e. The van der Waals surface area contributed by atoms with Gasteiger partial charge >= 0.3 is 0 Å². The van der Waals surface area contributed by atoms with Crippen LogP contribution in [0.2, 0.25) is 0 Å². The maximum absolute atomic E-state index is 12.8. The van der Waals surface area contributed by atoms with Crippen LogP contribution in [0.5, 0.6) is 0 Å². The molecule has 1 aliphatic rings. The summed E-state index contributed by atoms with van der Waals surface area (Å²) in [6.45, 7) is 5.72. The molecule has 1 atom stereocenters. The molecule has 2 nitrogen and oxygen atoms in total. The van der Waals surface area contributed by atoms with Gasteiger partial charge < -0.3 is 0 Å². The van der Waals surface area contributed by atoms with E-state index in [-0.39, 0.29) is 11.8 Å². The monoisotopic (exact) mass is 367 g/mol. The van der Waals surface area contributed by atoms with Crippen molar-refractivity contribution in [3.05, 3.63) is 108 Å². The Morgan fingerprint density at radius 2 is 1.46 bits per heavy atom. The summed E-state index contributed by atoms with van der Waals surface area (Å²) in [4.78, 5) is 12.8. The minimum atomic E-state index is -0.544. The van der Waals surface area contributed by atoms with Crippen molar-refractivity contribution in [2.75, 3.05) is 0 Å². The van der Waals surface area contributed by atoms with Crippen LogP contribution in [0.25, 0.3) is 11.1 Å². The number of hydrogen-bond donors (Lipinski definition) is 1. The van der Waals surface area contributed by atoms with Crippen molar-refractivity contribution in [3.8, 4) is 11.1 Å². The molecular formula is C26H25NO. The molecule has 28 heavy (non-hydrogen) atoms. The molecule has 2 heteroatoms. The first-order valence-electron chi connectivity index (χ1n) is 9.84. The summed E-state index contributed by atoms with van der Waals surface area (Å²) in [5, 5.41) is 3.75. The molecule has 0 saturated carbocycles. The van der Waals surface area contributed by atoms with Gasteiger partial charge in [0.2, 0.25) is 0 Å². The van der Waals surface area contributed by atoms with E-state index in [1.54, 1.807) is 6.08 Å². The lowest BCUT2D eigenvalue weighted by atomic mass is 9.79. The van der Waals surface area contributed by atoms with Crippen LogP contribution < -0.4 is 5.32 Å². The highest BCUT2D eigenvalue weighted by molar-refractivity contribution is 5.86. The molecule has 0 fully saturated rings. The first-order chi connectivity index (χ1) is 13.7. The number of fused-ring (bicyclic) bond motifs is 3. The third kappa shape index (κ3) is 2.90. The van der Waals surface area contributed by atoms with Crippen LogP contribution in [0, 0.1) is 0 Å². The normalized spacial score (nSPS) is 14.8. The van der Waals surface area contributed by atoms with Crippen molar-refractivity contribution >= 4 is 5.78 Å². The molecule has 0 radical (unpaired) electrons. The van der Waals surface area contributed by atoms with E-state index in [0.29, 0.717) is 12.8 Å². The Hall–Kier alpha value is -2.97. The molecule has 3 aromatic carbocycles. The Morgan fingerprint density at radius 1 is 0.929 bits per heavy atom. The van der Waals surface area contributed by atoms with Crippen LogP contribution in [0.1, 0.15) is 36.5 Å². The Balaban J connectivity index is 1.90. The summed E-state index contributed by atoms with van der Waals surface area (Å²) in [6, 6.07) is 27.2. The minimum absolute atomic E-state index is 0.206. The second-order valence-electron chi connectivity index (χ2n) is 7.37. The summed E-state index contributed by atoms with van der Waals surface area (Å²) in [5.74, 6) is 0.206. The molecule has 140 valence electrons. The average molecular weight is 367 g/mol. The Labute approximate surface area is 166 Å². The Morgan fingerprint density at radius 3 is 2.04 bits per heavy atom. The molecule has 4 rings (SSSR count). The lowest BCUT2D eigenvalue weighted by Crippen LogP contribution is -2.50. The van der Waals surface area contributed by atoms with Crippen molar-refractivity contribution < 1.29 is 4.79 Å². The van der Waals surface area contributed by atoms with Gasteiger partial charge in [0.05, 0.1) is 11.6 Å². The molecule has 3 aromatic rings. The van der Waals surface area contributed by atoms with Crippen LogP contribution in [0.3, 0.4) is 0 Å². The highest BCUT2D eigenvalue weighted by Crippen LogP contribution is 2.50. The molecule has 0 unspecified atom stereocenters. The van der Waals surface area contributed by atoms with Crippen molar-refractivity contribution in [1.82, 2.24) is 5.32 Å². The van der Waals surface area contributed by atoms with Crippen LogP contribution in [-0.4, -0.2) is 11.8 Å². The van der Waals surface area contributed by atoms with Crippen LogP contribution >= 0.6 is 0 Å². The number of allylic oxidation sites excluding steroid dienone is 1.